The number of hydrogen-bond acceptors (Lipinski definition) is 4. The van der Waals surface area contributed by atoms with E-state index in [2.05, 4.69) is 19.1 Å². The van der Waals surface area contributed by atoms with Gasteiger partial charge in [-0.3, -0.25) is 4.79 Å². The van der Waals surface area contributed by atoms with Gasteiger partial charge in [-0.15, -0.1) is 0 Å². The van der Waals surface area contributed by atoms with Crippen molar-refractivity contribution in [3.8, 4) is 6.07 Å². The van der Waals surface area contributed by atoms with Crippen molar-refractivity contribution < 1.29 is 19.4 Å². The number of rotatable bonds is 5. The Morgan fingerprint density at radius 1 is 1.12 bits per heavy atom. The molecule has 0 aliphatic heterocycles. The fourth-order valence-electron chi connectivity index (χ4n) is 7.82. The minimum absolute atomic E-state index is 0.0977. The molecule has 0 radical (unpaired) electrons. The third-order valence-electron chi connectivity index (χ3n) is 9.55. The summed E-state index contributed by atoms with van der Waals surface area (Å²) >= 11 is 0. The molecule has 5 atom stereocenters. The summed E-state index contributed by atoms with van der Waals surface area (Å²) in [5.74, 6) is -0.104. The summed E-state index contributed by atoms with van der Waals surface area (Å²) < 4.78 is 5.81. The highest BCUT2D eigenvalue weighted by Crippen LogP contribution is 2.68. The molecule has 0 aromatic heterocycles. The molecule has 5 rings (SSSR count). The van der Waals surface area contributed by atoms with Crippen LogP contribution in [-0.4, -0.2) is 23.1 Å². The van der Waals surface area contributed by atoms with Crippen LogP contribution in [0, 0.1) is 34.0 Å². The summed E-state index contributed by atoms with van der Waals surface area (Å²) in [5, 5.41) is 19.2. The van der Waals surface area contributed by atoms with Gasteiger partial charge in [0.05, 0.1) is 18.1 Å². The van der Waals surface area contributed by atoms with E-state index in [0.717, 1.165) is 51.4 Å². The number of carboxylic acid groups (broad SMARTS) is 1. The van der Waals surface area contributed by atoms with Crippen molar-refractivity contribution in [3.63, 3.8) is 0 Å². The van der Waals surface area contributed by atoms with E-state index in [1.807, 2.05) is 18.2 Å². The fraction of sp³-hybridized carbons (Fsp3) is 0.552. The minimum atomic E-state index is -0.779. The molecule has 0 bridgehead atoms. The van der Waals surface area contributed by atoms with Crippen LogP contribution in [0.25, 0.3) is 0 Å². The standard InChI is InChI=1S/C29H33NO4/c1-28-13-11-23-22-10-8-21(34-27(33)19-5-3-2-4-6-19)17-20(22)7-9-24(23)25(28)12-14-29(28,15-16-30)18-26(31)32/h2-6,17,21,24-25H,7-15,18H2,1H3,(H,31,32)/t21?,24-,25+,28+,29+/m1/s1. The summed E-state index contributed by atoms with van der Waals surface area (Å²) in [5.41, 5.74) is 4.47. The van der Waals surface area contributed by atoms with Crippen LogP contribution in [0.5, 0.6) is 0 Å². The molecule has 178 valence electrons. The predicted octanol–water partition coefficient (Wildman–Crippen LogP) is 6.22. The van der Waals surface area contributed by atoms with E-state index < -0.39 is 11.4 Å². The summed E-state index contributed by atoms with van der Waals surface area (Å²) in [6, 6.07) is 11.5. The Morgan fingerprint density at radius 3 is 2.65 bits per heavy atom. The number of benzene rings is 1. The molecule has 0 amide bonds. The van der Waals surface area contributed by atoms with E-state index in [4.69, 9.17) is 4.74 Å². The van der Waals surface area contributed by atoms with Crippen LogP contribution in [0.15, 0.2) is 53.1 Å². The maximum atomic E-state index is 12.5. The molecule has 5 nitrogen and oxygen atoms in total. The first-order valence-electron chi connectivity index (χ1n) is 12.6. The molecule has 1 aromatic rings. The number of aliphatic carboxylic acids is 1. The van der Waals surface area contributed by atoms with Crippen LogP contribution < -0.4 is 0 Å². The molecule has 4 aliphatic carbocycles. The molecule has 2 saturated carbocycles. The van der Waals surface area contributed by atoms with E-state index in [1.54, 1.807) is 17.7 Å². The number of allylic oxidation sites excluding steroid dienone is 3. The Hall–Kier alpha value is -2.87. The first-order chi connectivity index (χ1) is 16.4. The number of carbonyl (C=O) groups excluding carboxylic acids is 1. The normalized spacial score (nSPS) is 34.2. The monoisotopic (exact) mass is 459 g/mol. The Balaban J connectivity index is 1.37. The third kappa shape index (κ3) is 3.68. The van der Waals surface area contributed by atoms with Gasteiger partial charge in [0.15, 0.2) is 0 Å². The maximum Gasteiger partial charge on any atom is 0.338 e. The molecule has 1 unspecified atom stereocenters. The highest BCUT2D eigenvalue weighted by atomic mass is 16.5. The van der Waals surface area contributed by atoms with Gasteiger partial charge in [0.1, 0.15) is 6.10 Å². The zero-order valence-corrected chi connectivity index (χ0v) is 19.9. The van der Waals surface area contributed by atoms with Crippen LogP contribution in [0.1, 0.15) is 81.5 Å². The van der Waals surface area contributed by atoms with Crippen LogP contribution in [0.3, 0.4) is 0 Å². The second kappa shape index (κ2) is 8.73. The molecule has 2 fully saturated rings. The molecular weight excluding hydrogens is 426 g/mol. The molecule has 1 aromatic carbocycles. The number of fused-ring (bicyclic) bond motifs is 4. The highest BCUT2D eigenvalue weighted by molar-refractivity contribution is 5.89. The molecule has 34 heavy (non-hydrogen) atoms. The van der Waals surface area contributed by atoms with Crippen molar-refractivity contribution in [2.75, 3.05) is 0 Å². The van der Waals surface area contributed by atoms with Gasteiger partial charge in [-0.2, -0.15) is 5.26 Å². The van der Waals surface area contributed by atoms with Gasteiger partial charge in [0.25, 0.3) is 0 Å². The lowest BCUT2D eigenvalue weighted by molar-refractivity contribution is -0.143. The number of nitrogens with zero attached hydrogens (tertiary/aromatic N) is 1. The van der Waals surface area contributed by atoms with Gasteiger partial charge in [-0.1, -0.05) is 30.7 Å². The van der Waals surface area contributed by atoms with Crippen molar-refractivity contribution >= 4 is 11.9 Å². The zero-order chi connectivity index (χ0) is 23.9. The molecule has 0 saturated heterocycles. The molecule has 0 spiro atoms. The van der Waals surface area contributed by atoms with Gasteiger partial charge in [0.2, 0.25) is 0 Å². The number of carbonyl (C=O) groups is 2. The van der Waals surface area contributed by atoms with Crippen LogP contribution in [0.2, 0.25) is 0 Å². The van der Waals surface area contributed by atoms with Crippen molar-refractivity contribution in [1.29, 1.82) is 5.26 Å². The number of ether oxygens (including phenoxy) is 1. The van der Waals surface area contributed by atoms with Gasteiger partial charge < -0.3 is 9.84 Å². The number of nitriles is 1. The van der Waals surface area contributed by atoms with Gasteiger partial charge in [-0.25, -0.2) is 4.79 Å². The Labute approximate surface area is 201 Å². The lowest BCUT2D eigenvalue weighted by atomic mass is 9.51. The smallest absolute Gasteiger partial charge is 0.338 e. The Morgan fingerprint density at radius 2 is 1.91 bits per heavy atom. The first kappa shape index (κ1) is 22.9. The van der Waals surface area contributed by atoms with Crippen molar-refractivity contribution in [2.24, 2.45) is 22.7 Å². The lowest BCUT2D eigenvalue weighted by Crippen LogP contribution is -2.46. The average Bonchev–Trinajstić information content (AvgIpc) is 3.11. The topological polar surface area (TPSA) is 87.4 Å². The highest BCUT2D eigenvalue weighted by Gasteiger charge is 2.61. The van der Waals surface area contributed by atoms with Crippen LogP contribution >= 0.6 is 0 Å². The maximum absolute atomic E-state index is 12.5. The summed E-state index contributed by atoms with van der Waals surface area (Å²) in [4.78, 5) is 24.3. The van der Waals surface area contributed by atoms with Crippen LogP contribution in [-0.2, 0) is 9.53 Å². The quantitative estimate of drug-likeness (QED) is 0.528. The van der Waals surface area contributed by atoms with E-state index in [9.17, 15) is 20.0 Å². The third-order valence-corrected chi connectivity index (χ3v) is 9.55. The van der Waals surface area contributed by atoms with Crippen LogP contribution in [0.4, 0.5) is 0 Å². The second-order valence-electron chi connectivity index (χ2n) is 10.9. The number of carboxylic acids is 1. The van der Waals surface area contributed by atoms with Gasteiger partial charge >= 0.3 is 11.9 Å². The predicted molar refractivity (Wildman–Crippen MR) is 128 cm³/mol. The largest absolute Gasteiger partial charge is 0.481 e. The molecule has 5 heteroatoms. The van der Waals surface area contributed by atoms with Crippen molar-refractivity contribution in [3.05, 3.63) is 58.7 Å². The molecule has 1 N–H and O–H groups in total. The van der Waals surface area contributed by atoms with E-state index >= 15 is 0 Å². The van der Waals surface area contributed by atoms with E-state index in [-0.39, 0.29) is 23.9 Å². The summed E-state index contributed by atoms with van der Waals surface area (Å²) in [6.07, 6.45) is 10.1. The number of hydrogen-bond donors (Lipinski definition) is 1. The van der Waals surface area contributed by atoms with Gasteiger partial charge in [0, 0.05) is 6.42 Å². The Bertz CT molecular complexity index is 1100. The fourth-order valence-corrected chi connectivity index (χ4v) is 7.82. The minimum Gasteiger partial charge on any atom is -0.481 e. The second-order valence-corrected chi connectivity index (χ2v) is 10.9. The molecule has 0 heterocycles. The SMILES string of the molecule is C[C@]12CCC3=C4CCC(OC(=O)c5ccccc5)C=C4CC[C@H]3[C@@H]1CC[C@]2(CC#N)CC(=O)O. The van der Waals surface area contributed by atoms with Gasteiger partial charge in [-0.05, 0) is 103 Å². The van der Waals surface area contributed by atoms with Crippen molar-refractivity contribution in [1.82, 2.24) is 0 Å². The number of esters is 1. The zero-order valence-electron chi connectivity index (χ0n) is 19.9. The van der Waals surface area contributed by atoms with Crippen molar-refractivity contribution in [2.45, 2.75) is 77.2 Å². The first-order valence-corrected chi connectivity index (χ1v) is 12.6. The Kier molecular flexibility index (Phi) is 5.88. The average molecular weight is 460 g/mol. The van der Waals surface area contributed by atoms with E-state index in [0.29, 0.717) is 23.8 Å². The molecular formula is C29H33NO4. The summed E-state index contributed by atoms with van der Waals surface area (Å²) in [6.45, 7) is 2.28. The van der Waals surface area contributed by atoms with E-state index in [1.165, 1.54) is 11.1 Å². The lowest BCUT2D eigenvalue weighted by Gasteiger charge is -2.53. The summed E-state index contributed by atoms with van der Waals surface area (Å²) in [7, 11) is 0. The molecule has 4 aliphatic rings.